The molecule has 0 radical (unpaired) electrons. The first-order valence-electron chi connectivity index (χ1n) is 6.58. The van der Waals surface area contributed by atoms with E-state index in [9.17, 15) is 4.79 Å². The van der Waals surface area contributed by atoms with Crippen molar-refractivity contribution in [3.8, 4) is 0 Å². The van der Waals surface area contributed by atoms with Crippen LogP contribution in [0.25, 0.3) is 0 Å². The quantitative estimate of drug-likeness (QED) is 0.850. The topological polar surface area (TPSA) is 69.2 Å². The number of rotatable bonds is 4. The summed E-state index contributed by atoms with van der Waals surface area (Å²) in [5.74, 6) is 0.0826. The number of aromatic amines is 1. The van der Waals surface area contributed by atoms with E-state index in [0.717, 1.165) is 43.6 Å². The molecule has 1 fully saturated rings. The number of hydrogen-bond acceptors (Lipinski definition) is 3. The highest BCUT2D eigenvalue weighted by Crippen LogP contribution is 2.25. The SMILES string of the molecule is Cc1n[nH]c(C)c1C(=O)N1CCCC1CCCO. The predicted octanol–water partition coefficient (Wildman–Crippen LogP) is 1.40. The molecule has 2 rings (SSSR count). The van der Waals surface area contributed by atoms with Crippen LogP contribution in [0.15, 0.2) is 0 Å². The third-order valence-corrected chi connectivity index (χ3v) is 3.68. The molecule has 0 saturated carbocycles. The van der Waals surface area contributed by atoms with E-state index in [1.807, 2.05) is 18.7 Å². The van der Waals surface area contributed by atoms with E-state index in [2.05, 4.69) is 10.2 Å². The second-order valence-corrected chi connectivity index (χ2v) is 4.97. The zero-order valence-corrected chi connectivity index (χ0v) is 11.1. The number of nitrogens with one attached hydrogen (secondary N) is 1. The number of carbonyl (C=O) groups excluding carboxylic acids is 1. The van der Waals surface area contributed by atoms with Crippen molar-refractivity contribution < 1.29 is 9.90 Å². The van der Waals surface area contributed by atoms with E-state index in [-0.39, 0.29) is 18.6 Å². The molecule has 0 aromatic carbocycles. The Labute approximate surface area is 107 Å². The molecule has 1 aromatic rings. The first-order chi connectivity index (χ1) is 8.65. The smallest absolute Gasteiger partial charge is 0.257 e. The zero-order valence-electron chi connectivity index (χ0n) is 11.1. The molecule has 2 heterocycles. The number of aliphatic hydroxyl groups excluding tert-OH is 1. The molecule has 18 heavy (non-hydrogen) atoms. The van der Waals surface area contributed by atoms with Gasteiger partial charge in [0, 0.05) is 24.9 Å². The van der Waals surface area contributed by atoms with Gasteiger partial charge in [0.25, 0.3) is 5.91 Å². The molecule has 1 unspecified atom stereocenters. The van der Waals surface area contributed by atoms with Crippen LogP contribution in [0.5, 0.6) is 0 Å². The second kappa shape index (κ2) is 5.52. The fourth-order valence-corrected chi connectivity index (χ4v) is 2.74. The molecule has 2 N–H and O–H groups in total. The average Bonchev–Trinajstić information content (AvgIpc) is 2.93. The van der Waals surface area contributed by atoms with Crippen molar-refractivity contribution in [2.45, 2.75) is 45.6 Å². The Bertz CT molecular complexity index is 408. The van der Waals surface area contributed by atoms with Gasteiger partial charge in [-0.25, -0.2) is 0 Å². The second-order valence-electron chi connectivity index (χ2n) is 4.97. The summed E-state index contributed by atoms with van der Waals surface area (Å²) in [6.45, 7) is 4.75. The van der Waals surface area contributed by atoms with Crippen LogP contribution in [0.1, 0.15) is 47.4 Å². The molecule has 0 spiro atoms. The maximum absolute atomic E-state index is 12.5. The largest absolute Gasteiger partial charge is 0.396 e. The summed E-state index contributed by atoms with van der Waals surface area (Å²) >= 11 is 0. The van der Waals surface area contributed by atoms with Crippen molar-refractivity contribution in [1.29, 1.82) is 0 Å². The molecular weight excluding hydrogens is 230 g/mol. The van der Waals surface area contributed by atoms with Crippen molar-refractivity contribution in [2.75, 3.05) is 13.2 Å². The zero-order chi connectivity index (χ0) is 13.1. The predicted molar refractivity (Wildman–Crippen MR) is 68.4 cm³/mol. The molecule has 1 atom stereocenters. The normalized spacial score (nSPS) is 19.5. The van der Waals surface area contributed by atoms with E-state index >= 15 is 0 Å². The van der Waals surface area contributed by atoms with Crippen LogP contribution in [0.4, 0.5) is 0 Å². The summed E-state index contributed by atoms with van der Waals surface area (Å²) in [6.07, 6.45) is 3.75. The summed E-state index contributed by atoms with van der Waals surface area (Å²) in [5.41, 5.74) is 2.32. The molecule has 5 heteroatoms. The van der Waals surface area contributed by atoms with Crippen LogP contribution >= 0.6 is 0 Å². The van der Waals surface area contributed by atoms with Gasteiger partial charge in [0.05, 0.1) is 11.3 Å². The fraction of sp³-hybridized carbons (Fsp3) is 0.692. The Morgan fingerprint density at radius 3 is 2.94 bits per heavy atom. The first kappa shape index (κ1) is 13.1. The molecule has 1 aliphatic heterocycles. The van der Waals surface area contributed by atoms with Crippen LogP contribution in [0, 0.1) is 13.8 Å². The number of aryl methyl sites for hydroxylation is 2. The number of hydrogen-bond donors (Lipinski definition) is 2. The first-order valence-corrected chi connectivity index (χ1v) is 6.58. The van der Waals surface area contributed by atoms with Gasteiger partial charge in [0.15, 0.2) is 0 Å². The number of aliphatic hydroxyl groups is 1. The van der Waals surface area contributed by atoms with E-state index in [4.69, 9.17) is 5.11 Å². The van der Waals surface area contributed by atoms with Crippen molar-refractivity contribution in [2.24, 2.45) is 0 Å². The maximum atomic E-state index is 12.5. The molecule has 100 valence electrons. The fourth-order valence-electron chi connectivity index (χ4n) is 2.74. The van der Waals surface area contributed by atoms with Gasteiger partial charge < -0.3 is 10.0 Å². The van der Waals surface area contributed by atoms with E-state index < -0.39 is 0 Å². The van der Waals surface area contributed by atoms with Gasteiger partial charge >= 0.3 is 0 Å². The Morgan fingerprint density at radius 2 is 2.33 bits per heavy atom. The summed E-state index contributed by atoms with van der Waals surface area (Å²) in [7, 11) is 0. The standard InChI is InChI=1S/C13H21N3O2/c1-9-12(10(2)15-14-9)13(18)16-7-3-5-11(16)6-4-8-17/h11,17H,3-8H2,1-2H3,(H,14,15). The Morgan fingerprint density at radius 1 is 1.56 bits per heavy atom. The number of nitrogens with zero attached hydrogens (tertiary/aromatic N) is 2. The third-order valence-electron chi connectivity index (χ3n) is 3.68. The summed E-state index contributed by atoms with van der Waals surface area (Å²) < 4.78 is 0. The lowest BCUT2D eigenvalue weighted by molar-refractivity contribution is 0.0723. The van der Waals surface area contributed by atoms with E-state index in [1.165, 1.54) is 0 Å². The van der Waals surface area contributed by atoms with Crippen LogP contribution < -0.4 is 0 Å². The molecule has 1 aromatic heterocycles. The molecule has 0 bridgehead atoms. The Balaban J connectivity index is 2.13. The molecule has 0 aliphatic carbocycles. The molecule has 1 aliphatic rings. The summed E-state index contributed by atoms with van der Waals surface area (Å²) in [6, 6.07) is 0.276. The van der Waals surface area contributed by atoms with Crippen LogP contribution in [-0.2, 0) is 0 Å². The van der Waals surface area contributed by atoms with Crippen molar-refractivity contribution in [1.82, 2.24) is 15.1 Å². The van der Waals surface area contributed by atoms with Gasteiger partial charge in [-0.15, -0.1) is 0 Å². The molecule has 1 amide bonds. The van der Waals surface area contributed by atoms with Crippen molar-refractivity contribution in [3.05, 3.63) is 17.0 Å². The minimum absolute atomic E-state index is 0.0826. The summed E-state index contributed by atoms with van der Waals surface area (Å²) in [5, 5.41) is 15.9. The highest BCUT2D eigenvalue weighted by atomic mass is 16.3. The lowest BCUT2D eigenvalue weighted by Gasteiger charge is -2.24. The van der Waals surface area contributed by atoms with Gasteiger partial charge in [0.2, 0.25) is 0 Å². The van der Waals surface area contributed by atoms with Gasteiger partial charge in [-0.3, -0.25) is 9.89 Å². The number of amides is 1. The lowest BCUT2D eigenvalue weighted by Crippen LogP contribution is -2.36. The van der Waals surface area contributed by atoms with Crippen LogP contribution in [0.2, 0.25) is 0 Å². The van der Waals surface area contributed by atoms with Gasteiger partial charge in [-0.1, -0.05) is 0 Å². The van der Waals surface area contributed by atoms with Gasteiger partial charge in [-0.2, -0.15) is 5.10 Å². The third kappa shape index (κ3) is 2.41. The lowest BCUT2D eigenvalue weighted by atomic mass is 10.1. The minimum atomic E-state index is 0.0826. The van der Waals surface area contributed by atoms with Crippen molar-refractivity contribution in [3.63, 3.8) is 0 Å². The average molecular weight is 251 g/mol. The summed E-state index contributed by atoms with van der Waals surface area (Å²) in [4.78, 5) is 14.5. The van der Waals surface area contributed by atoms with E-state index in [1.54, 1.807) is 0 Å². The van der Waals surface area contributed by atoms with Crippen molar-refractivity contribution >= 4 is 5.91 Å². The van der Waals surface area contributed by atoms with E-state index in [0.29, 0.717) is 5.56 Å². The Kier molecular flexibility index (Phi) is 4.01. The number of aromatic nitrogens is 2. The minimum Gasteiger partial charge on any atom is -0.396 e. The molecule has 1 saturated heterocycles. The molecular formula is C13H21N3O2. The number of likely N-dealkylation sites (tertiary alicyclic amines) is 1. The Hall–Kier alpha value is -1.36. The molecule has 5 nitrogen and oxygen atoms in total. The van der Waals surface area contributed by atoms with Gasteiger partial charge in [0.1, 0.15) is 0 Å². The maximum Gasteiger partial charge on any atom is 0.257 e. The highest BCUT2D eigenvalue weighted by molar-refractivity contribution is 5.96. The number of carbonyl (C=O) groups is 1. The van der Waals surface area contributed by atoms with Crippen LogP contribution in [-0.4, -0.2) is 45.3 Å². The number of H-pyrrole nitrogens is 1. The highest BCUT2D eigenvalue weighted by Gasteiger charge is 2.31. The van der Waals surface area contributed by atoms with Crippen LogP contribution in [0.3, 0.4) is 0 Å². The van der Waals surface area contributed by atoms with Gasteiger partial charge in [-0.05, 0) is 39.5 Å². The monoisotopic (exact) mass is 251 g/mol.